The number of carbonyl (C=O) groups is 2. The molecule has 1 aliphatic heterocycles. The average Bonchev–Trinajstić information content (AvgIpc) is 3.82. The number of carbonyl (C=O) groups excluding carboxylic acids is 2. The zero-order valence-electron chi connectivity index (χ0n) is 32.2. The molecule has 0 spiro atoms. The molecule has 2 aromatic rings. The Morgan fingerprint density at radius 3 is 1.74 bits per heavy atom. The minimum Gasteiger partial charge on any atom is -0.457 e. The molecule has 0 saturated carbocycles. The summed E-state index contributed by atoms with van der Waals surface area (Å²) in [5, 5.41) is 21.7. The number of aliphatic hydroxyl groups excluding tert-OH is 2. The number of fused-ring (bicyclic) bond motifs is 4. The number of ether oxygens (including phenoxy) is 3. The number of hydrogen-bond donors (Lipinski definition) is 2. The first-order valence-corrected chi connectivity index (χ1v) is 18.0. The Balaban J connectivity index is 1.91. The van der Waals surface area contributed by atoms with Crippen molar-refractivity contribution in [1.82, 2.24) is 9.97 Å². The van der Waals surface area contributed by atoms with Gasteiger partial charge in [0.15, 0.2) is 17.3 Å². The fourth-order valence-electron chi connectivity index (χ4n) is 5.26. The molecule has 0 aromatic carbocycles. The van der Waals surface area contributed by atoms with Crippen LogP contribution < -0.4 is 0 Å². The summed E-state index contributed by atoms with van der Waals surface area (Å²) in [5.41, 5.74) is -1.63. The Bertz CT molecular complexity index is 1760. The lowest BCUT2D eigenvalue weighted by atomic mass is 9.79. The summed E-state index contributed by atoms with van der Waals surface area (Å²) in [4.78, 5) is 35.0. The first kappa shape index (κ1) is 43.3. The molecule has 0 fully saturated rings. The second-order valence-electron chi connectivity index (χ2n) is 13.8. The van der Waals surface area contributed by atoms with Crippen LogP contribution in [0.4, 0.5) is 0 Å². The van der Waals surface area contributed by atoms with Crippen molar-refractivity contribution in [2.75, 3.05) is 7.11 Å². The van der Waals surface area contributed by atoms with Crippen LogP contribution >= 0.6 is 0 Å². The molecule has 11 nitrogen and oxygen atoms in total. The third-order valence-electron chi connectivity index (χ3n) is 9.03. The highest BCUT2D eigenvalue weighted by atomic mass is 16.6. The van der Waals surface area contributed by atoms with Crippen molar-refractivity contribution in [1.29, 1.82) is 0 Å². The number of allylic oxidation sites excluding steroid dienone is 12. The van der Waals surface area contributed by atoms with Crippen LogP contribution in [0, 0.1) is 10.8 Å². The number of hydrogen-bond acceptors (Lipinski definition) is 11. The fourth-order valence-corrected chi connectivity index (χ4v) is 5.26. The SMILES string of the molecule is C/C=C/C(O)C(C)(C)C1C\C=C/C=C\C=C/C(OC)Cc2nc(co2)C(=O)OC(C(C)(C)C(O)/C=C/C)C\C=C/C=C\C=C/C=C\c2nc(co2)C(=O)O1. The van der Waals surface area contributed by atoms with Crippen molar-refractivity contribution in [3.8, 4) is 0 Å². The predicted octanol–water partition coefficient (Wildman–Crippen LogP) is 8.04. The summed E-state index contributed by atoms with van der Waals surface area (Å²) in [7, 11) is 1.56. The van der Waals surface area contributed by atoms with Crippen molar-refractivity contribution in [2.24, 2.45) is 10.8 Å². The lowest BCUT2D eigenvalue weighted by Crippen LogP contribution is -2.42. The Morgan fingerprint density at radius 2 is 1.20 bits per heavy atom. The maximum absolute atomic E-state index is 13.3. The molecule has 0 saturated heterocycles. The highest BCUT2D eigenvalue weighted by molar-refractivity contribution is 5.87. The van der Waals surface area contributed by atoms with Crippen molar-refractivity contribution < 1.29 is 42.8 Å². The molecule has 54 heavy (non-hydrogen) atoms. The van der Waals surface area contributed by atoms with Crippen LogP contribution in [0.15, 0.2) is 125 Å². The number of oxazole rings is 2. The Labute approximate surface area is 318 Å². The molecule has 4 bridgehead atoms. The molecular formula is C43H54N2O9. The second-order valence-corrected chi connectivity index (χ2v) is 13.8. The van der Waals surface area contributed by atoms with Gasteiger partial charge >= 0.3 is 11.9 Å². The molecule has 3 rings (SSSR count). The van der Waals surface area contributed by atoms with Gasteiger partial charge in [0.25, 0.3) is 0 Å². The molecule has 5 unspecified atom stereocenters. The number of aromatic nitrogens is 2. The summed E-state index contributed by atoms with van der Waals surface area (Å²) in [6, 6.07) is 0. The van der Waals surface area contributed by atoms with Crippen LogP contribution in [0.25, 0.3) is 6.08 Å². The maximum atomic E-state index is 13.3. The van der Waals surface area contributed by atoms with E-state index < -0.39 is 53.3 Å². The van der Waals surface area contributed by atoms with Crippen LogP contribution in [-0.2, 0) is 20.6 Å². The number of methoxy groups -OCH3 is 1. The standard InChI is InChI=1S/C43H54N2O9/c1-8-22-34(46)42(3,4)36-26-20-16-13-14-18-24-31(50-7)28-39-45-33(30-52-39)41(49)54-37(43(5,6)35(47)23-9-2)25-19-15-11-10-12-17-21-27-38-44-32(29-51-38)40(48)53-36/h8-24,27,29-31,34-37,46-47H,25-26,28H2,1-7H3/b11-10-,14-13-,17-12-,19-15-,20-16-,22-8+,23-9+,24-18-,27-21-. The Kier molecular flexibility index (Phi) is 17.3. The average molecular weight is 743 g/mol. The van der Waals surface area contributed by atoms with E-state index >= 15 is 0 Å². The molecule has 2 N–H and O–H groups in total. The summed E-state index contributed by atoms with van der Waals surface area (Å²) < 4.78 is 28.5. The summed E-state index contributed by atoms with van der Waals surface area (Å²) in [6.07, 6.45) is 31.9. The van der Waals surface area contributed by atoms with E-state index in [0.717, 1.165) is 0 Å². The van der Waals surface area contributed by atoms with Crippen LogP contribution in [0.1, 0.15) is 87.1 Å². The van der Waals surface area contributed by atoms with E-state index in [0.29, 0.717) is 18.7 Å². The Morgan fingerprint density at radius 1 is 0.722 bits per heavy atom. The highest BCUT2D eigenvalue weighted by Crippen LogP contribution is 2.33. The molecule has 5 atom stereocenters. The van der Waals surface area contributed by atoms with Gasteiger partial charge in [0.05, 0.1) is 24.7 Å². The predicted molar refractivity (Wildman–Crippen MR) is 208 cm³/mol. The van der Waals surface area contributed by atoms with Crippen LogP contribution in [0.2, 0.25) is 0 Å². The van der Waals surface area contributed by atoms with E-state index in [9.17, 15) is 19.8 Å². The van der Waals surface area contributed by atoms with Gasteiger partial charge in [-0.05, 0) is 13.8 Å². The molecule has 0 radical (unpaired) electrons. The highest BCUT2D eigenvalue weighted by Gasteiger charge is 2.39. The smallest absolute Gasteiger partial charge is 0.360 e. The van der Waals surface area contributed by atoms with Gasteiger partial charge < -0.3 is 33.3 Å². The van der Waals surface area contributed by atoms with Gasteiger partial charge in [0.2, 0.25) is 5.89 Å². The minimum atomic E-state index is -0.871. The quantitative estimate of drug-likeness (QED) is 0.209. The lowest BCUT2D eigenvalue weighted by molar-refractivity contribution is -0.0461. The largest absolute Gasteiger partial charge is 0.457 e. The first-order chi connectivity index (χ1) is 25.8. The molecule has 2 aromatic heterocycles. The molecule has 11 heteroatoms. The Hall–Kier alpha value is -5.10. The molecule has 0 amide bonds. The molecule has 0 aliphatic carbocycles. The molecule has 3 heterocycles. The van der Waals surface area contributed by atoms with E-state index in [-0.39, 0.29) is 23.7 Å². The van der Waals surface area contributed by atoms with Gasteiger partial charge in [0.1, 0.15) is 24.7 Å². The van der Waals surface area contributed by atoms with Crippen molar-refractivity contribution >= 4 is 18.0 Å². The van der Waals surface area contributed by atoms with Crippen molar-refractivity contribution in [3.63, 3.8) is 0 Å². The molecule has 290 valence electrons. The lowest BCUT2D eigenvalue weighted by Gasteiger charge is -2.36. The van der Waals surface area contributed by atoms with Crippen molar-refractivity contribution in [3.05, 3.63) is 139 Å². The number of cyclic esters (lactones) is 2. The zero-order chi connectivity index (χ0) is 39.6. The van der Waals surface area contributed by atoms with Crippen LogP contribution in [-0.4, -0.2) is 69.7 Å². The third kappa shape index (κ3) is 13.1. The topological polar surface area (TPSA) is 154 Å². The van der Waals surface area contributed by atoms with Crippen LogP contribution in [0.3, 0.4) is 0 Å². The summed E-state index contributed by atoms with van der Waals surface area (Å²) >= 11 is 0. The van der Waals surface area contributed by atoms with Gasteiger partial charge in [-0.2, -0.15) is 0 Å². The van der Waals surface area contributed by atoms with E-state index in [1.54, 1.807) is 55.7 Å². The molecule has 1 aliphatic rings. The fraction of sp³-hybridized carbons (Fsp3) is 0.395. The maximum Gasteiger partial charge on any atom is 0.360 e. The summed E-state index contributed by atoms with van der Waals surface area (Å²) in [5.74, 6) is -0.812. The zero-order valence-corrected chi connectivity index (χ0v) is 32.2. The van der Waals surface area contributed by atoms with E-state index in [1.165, 1.54) is 12.5 Å². The summed E-state index contributed by atoms with van der Waals surface area (Å²) in [6.45, 7) is 11.0. The van der Waals surface area contributed by atoms with Gasteiger partial charge in [-0.1, -0.05) is 131 Å². The van der Waals surface area contributed by atoms with Gasteiger partial charge in [-0.15, -0.1) is 0 Å². The molecular weight excluding hydrogens is 688 g/mol. The van der Waals surface area contributed by atoms with Gasteiger partial charge in [0, 0.05) is 36.9 Å². The normalized spacial score (nSPS) is 25.5. The van der Waals surface area contributed by atoms with E-state index in [2.05, 4.69) is 9.97 Å². The first-order valence-electron chi connectivity index (χ1n) is 18.0. The van der Waals surface area contributed by atoms with Crippen LogP contribution in [0.5, 0.6) is 0 Å². The number of esters is 2. The van der Waals surface area contributed by atoms with E-state index in [1.807, 2.05) is 102 Å². The monoisotopic (exact) mass is 742 g/mol. The van der Waals surface area contributed by atoms with Gasteiger partial charge in [-0.25, -0.2) is 19.6 Å². The minimum absolute atomic E-state index is 0.0118. The number of nitrogens with zero attached hydrogens (tertiary/aromatic N) is 2. The third-order valence-corrected chi connectivity index (χ3v) is 9.03. The van der Waals surface area contributed by atoms with E-state index in [4.69, 9.17) is 23.0 Å². The number of rotatable bonds is 7. The second kappa shape index (κ2) is 21.6. The van der Waals surface area contributed by atoms with Gasteiger partial charge in [-0.3, -0.25) is 0 Å². The number of aliphatic hydroxyl groups is 2. The van der Waals surface area contributed by atoms with Crippen molar-refractivity contribution in [2.45, 2.75) is 91.3 Å².